The minimum Gasteiger partial charge on any atom is -0.398 e. The maximum atomic E-state index is 5.90. The van der Waals surface area contributed by atoms with E-state index in [2.05, 4.69) is 25.2 Å². The van der Waals surface area contributed by atoms with Crippen LogP contribution < -0.4 is 11.1 Å². The fourth-order valence-corrected chi connectivity index (χ4v) is 1.66. The van der Waals surface area contributed by atoms with Crippen molar-refractivity contribution in [2.24, 2.45) is 5.92 Å². The van der Waals surface area contributed by atoms with Crippen molar-refractivity contribution in [1.29, 1.82) is 0 Å². The predicted octanol–water partition coefficient (Wildman–Crippen LogP) is 3.05. The highest BCUT2D eigenvalue weighted by atomic mass is 16.5. The van der Waals surface area contributed by atoms with Gasteiger partial charge in [0, 0.05) is 18.0 Å². The van der Waals surface area contributed by atoms with Crippen LogP contribution in [0.3, 0.4) is 0 Å². The zero-order valence-electron chi connectivity index (χ0n) is 11.3. The van der Waals surface area contributed by atoms with Crippen molar-refractivity contribution in [2.45, 2.75) is 33.7 Å². The zero-order chi connectivity index (χ0) is 12.8. The largest absolute Gasteiger partial charge is 0.398 e. The number of anilines is 2. The summed E-state index contributed by atoms with van der Waals surface area (Å²) in [5, 5.41) is 3.52. The van der Waals surface area contributed by atoms with Gasteiger partial charge in [-0.1, -0.05) is 19.9 Å². The van der Waals surface area contributed by atoms with E-state index in [0.717, 1.165) is 30.2 Å². The van der Waals surface area contributed by atoms with E-state index >= 15 is 0 Å². The monoisotopic (exact) mass is 236 g/mol. The van der Waals surface area contributed by atoms with Gasteiger partial charge in [0.1, 0.15) is 0 Å². The number of rotatable bonds is 6. The Morgan fingerprint density at radius 3 is 2.65 bits per heavy atom. The third kappa shape index (κ3) is 3.93. The maximum absolute atomic E-state index is 5.90. The zero-order valence-corrected chi connectivity index (χ0v) is 11.3. The van der Waals surface area contributed by atoms with Crippen LogP contribution in [0.2, 0.25) is 0 Å². The SMILES string of the molecule is CCOCC(Nc1cccc(N)c1C)C(C)C. The molecule has 0 saturated carbocycles. The Bertz CT molecular complexity index is 350. The maximum Gasteiger partial charge on any atom is 0.0670 e. The Morgan fingerprint density at radius 1 is 1.35 bits per heavy atom. The first-order valence-corrected chi connectivity index (χ1v) is 6.25. The molecule has 1 aromatic carbocycles. The van der Waals surface area contributed by atoms with Crippen molar-refractivity contribution < 1.29 is 4.74 Å². The molecule has 0 fully saturated rings. The lowest BCUT2D eigenvalue weighted by molar-refractivity contribution is 0.127. The summed E-state index contributed by atoms with van der Waals surface area (Å²) >= 11 is 0. The van der Waals surface area contributed by atoms with Crippen LogP contribution in [0.25, 0.3) is 0 Å². The van der Waals surface area contributed by atoms with E-state index in [0.29, 0.717) is 12.0 Å². The van der Waals surface area contributed by atoms with Crippen LogP contribution >= 0.6 is 0 Å². The molecule has 0 bridgehead atoms. The number of hydrogen-bond donors (Lipinski definition) is 2. The molecule has 0 amide bonds. The molecule has 0 spiro atoms. The number of ether oxygens (including phenoxy) is 1. The van der Waals surface area contributed by atoms with Crippen molar-refractivity contribution in [3.05, 3.63) is 23.8 Å². The molecule has 96 valence electrons. The van der Waals surface area contributed by atoms with E-state index < -0.39 is 0 Å². The summed E-state index contributed by atoms with van der Waals surface area (Å²) in [6, 6.07) is 6.28. The number of benzene rings is 1. The van der Waals surface area contributed by atoms with Gasteiger partial charge in [-0.2, -0.15) is 0 Å². The summed E-state index contributed by atoms with van der Waals surface area (Å²) < 4.78 is 5.51. The highest BCUT2D eigenvalue weighted by molar-refractivity contribution is 5.63. The second-order valence-electron chi connectivity index (χ2n) is 4.67. The lowest BCUT2D eigenvalue weighted by Gasteiger charge is -2.24. The Balaban J connectivity index is 2.75. The van der Waals surface area contributed by atoms with Crippen LogP contribution in [0, 0.1) is 12.8 Å². The van der Waals surface area contributed by atoms with Crippen molar-refractivity contribution in [3.8, 4) is 0 Å². The van der Waals surface area contributed by atoms with Gasteiger partial charge in [-0.25, -0.2) is 0 Å². The predicted molar refractivity (Wildman–Crippen MR) is 74.3 cm³/mol. The molecular formula is C14H24N2O. The Morgan fingerprint density at radius 2 is 2.06 bits per heavy atom. The first kappa shape index (κ1) is 13.8. The molecule has 0 saturated heterocycles. The normalized spacial score (nSPS) is 12.8. The molecule has 0 aliphatic carbocycles. The van der Waals surface area contributed by atoms with Gasteiger partial charge in [0.15, 0.2) is 0 Å². The molecule has 0 heterocycles. The van der Waals surface area contributed by atoms with Gasteiger partial charge in [-0.3, -0.25) is 0 Å². The second-order valence-corrected chi connectivity index (χ2v) is 4.67. The quantitative estimate of drug-likeness (QED) is 0.746. The third-order valence-corrected chi connectivity index (χ3v) is 3.02. The molecule has 3 N–H and O–H groups in total. The van der Waals surface area contributed by atoms with Crippen LogP contribution in [0.1, 0.15) is 26.3 Å². The molecule has 0 aliphatic rings. The third-order valence-electron chi connectivity index (χ3n) is 3.02. The van der Waals surface area contributed by atoms with Crippen LogP contribution in [-0.4, -0.2) is 19.3 Å². The van der Waals surface area contributed by atoms with Crippen molar-refractivity contribution >= 4 is 11.4 Å². The van der Waals surface area contributed by atoms with Gasteiger partial charge in [-0.05, 0) is 37.5 Å². The average molecular weight is 236 g/mol. The summed E-state index contributed by atoms with van der Waals surface area (Å²) in [6.07, 6.45) is 0. The van der Waals surface area contributed by atoms with E-state index in [1.54, 1.807) is 0 Å². The molecule has 1 atom stereocenters. The van der Waals surface area contributed by atoms with Crippen LogP contribution in [0.15, 0.2) is 18.2 Å². The first-order valence-electron chi connectivity index (χ1n) is 6.25. The number of nitrogen functional groups attached to an aromatic ring is 1. The Kier molecular flexibility index (Phi) is 5.29. The number of nitrogens with one attached hydrogen (secondary N) is 1. The summed E-state index contributed by atoms with van der Waals surface area (Å²) in [5.74, 6) is 0.516. The topological polar surface area (TPSA) is 47.3 Å². The van der Waals surface area contributed by atoms with Gasteiger partial charge in [0.2, 0.25) is 0 Å². The number of nitrogens with two attached hydrogens (primary N) is 1. The lowest BCUT2D eigenvalue weighted by atomic mass is 10.0. The molecule has 1 aromatic rings. The van der Waals surface area contributed by atoms with Gasteiger partial charge in [-0.15, -0.1) is 0 Å². The molecule has 1 unspecified atom stereocenters. The molecule has 0 aliphatic heterocycles. The van der Waals surface area contributed by atoms with E-state index in [1.807, 2.05) is 26.0 Å². The van der Waals surface area contributed by atoms with E-state index in [-0.39, 0.29) is 0 Å². The summed E-state index contributed by atoms with van der Waals surface area (Å²) in [7, 11) is 0. The van der Waals surface area contributed by atoms with Gasteiger partial charge in [0.25, 0.3) is 0 Å². The molecule has 3 heteroatoms. The van der Waals surface area contributed by atoms with Crippen LogP contribution in [-0.2, 0) is 4.74 Å². The fraction of sp³-hybridized carbons (Fsp3) is 0.571. The van der Waals surface area contributed by atoms with Crippen LogP contribution in [0.5, 0.6) is 0 Å². The minimum atomic E-state index is 0.315. The molecule has 3 nitrogen and oxygen atoms in total. The minimum absolute atomic E-state index is 0.315. The lowest BCUT2D eigenvalue weighted by Crippen LogP contribution is -2.31. The summed E-state index contributed by atoms with van der Waals surface area (Å²) in [5.41, 5.74) is 8.94. The highest BCUT2D eigenvalue weighted by Gasteiger charge is 2.14. The van der Waals surface area contributed by atoms with E-state index in [9.17, 15) is 0 Å². The average Bonchev–Trinajstić information content (AvgIpc) is 2.29. The highest BCUT2D eigenvalue weighted by Crippen LogP contribution is 2.22. The molecule has 1 rings (SSSR count). The van der Waals surface area contributed by atoms with Crippen LogP contribution in [0.4, 0.5) is 11.4 Å². The summed E-state index contributed by atoms with van der Waals surface area (Å²) in [6.45, 7) is 9.92. The van der Waals surface area contributed by atoms with Gasteiger partial charge >= 0.3 is 0 Å². The van der Waals surface area contributed by atoms with Gasteiger partial charge in [0.05, 0.1) is 12.6 Å². The van der Waals surface area contributed by atoms with Crippen molar-refractivity contribution in [1.82, 2.24) is 0 Å². The molecule has 0 radical (unpaired) electrons. The smallest absolute Gasteiger partial charge is 0.0670 e. The first-order chi connectivity index (χ1) is 8.06. The van der Waals surface area contributed by atoms with Gasteiger partial charge < -0.3 is 15.8 Å². The second kappa shape index (κ2) is 6.50. The molecular weight excluding hydrogens is 212 g/mol. The Labute approximate surface area is 104 Å². The van der Waals surface area contributed by atoms with E-state index in [1.165, 1.54) is 0 Å². The molecule has 17 heavy (non-hydrogen) atoms. The standard InChI is InChI=1S/C14H24N2O/c1-5-17-9-14(10(2)3)16-13-8-6-7-12(15)11(13)4/h6-8,10,14,16H,5,9,15H2,1-4H3. The fourth-order valence-electron chi connectivity index (χ4n) is 1.66. The van der Waals surface area contributed by atoms with Crippen molar-refractivity contribution in [3.63, 3.8) is 0 Å². The van der Waals surface area contributed by atoms with E-state index in [4.69, 9.17) is 10.5 Å². The Hall–Kier alpha value is -1.22. The summed E-state index contributed by atoms with van der Waals surface area (Å²) in [4.78, 5) is 0. The van der Waals surface area contributed by atoms with Crippen molar-refractivity contribution in [2.75, 3.05) is 24.3 Å². The molecule has 0 aromatic heterocycles. The number of hydrogen-bond acceptors (Lipinski definition) is 3.